The molecule has 0 aliphatic carbocycles. The number of benzene rings is 2. The van der Waals surface area contributed by atoms with Crippen molar-refractivity contribution < 1.29 is 5.11 Å². The third-order valence-corrected chi connectivity index (χ3v) is 6.41. The molecule has 1 N–H and O–H groups in total. The van der Waals surface area contributed by atoms with Crippen LogP contribution in [0, 0.1) is 6.92 Å². The molecular formula is C23H22N4OS. The Hall–Kier alpha value is -3.12. The second kappa shape index (κ2) is 7.37. The summed E-state index contributed by atoms with van der Waals surface area (Å²) in [6, 6.07) is 20.1. The maximum Gasteiger partial charge on any atom is 0.141 e. The summed E-state index contributed by atoms with van der Waals surface area (Å²) >= 11 is 1.73. The van der Waals surface area contributed by atoms with E-state index in [0.29, 0.717) is 5.75 Å². The van der Waals surface area contributed by atoms with E-state index in [1.54, 1.807) is 23.5 Å². The molecule has 1 aliphatic heterocycles. The number of thiophene rings is 1. The largest absolute Gasteiger partial charge is 0.508 e. The number of hydrogen-bond acceptors (Lipinski definition) is 6. The third kappa shape index (κ3) is 3.51. The molecule has 4 aromatic rings. The zero-order chi connectivity index (χ0) is 19.8. The summed E-state index contributed by atoms with van der Waals surface area (Å²) in [6.07, 6.45) is 0. The first-order chi connectivity index (χ1) is 14.2. The van der Waals surface area contributed by atoms with Crippen molar-refractivity contribution in [3.63, 3.8) is 0 Å². The SMILES string of the molecule is Cc1nc(N2CCN(c3ccc(O)cc3)CC2)c2cc(-c3ccccc3)sc2n1. The lowest BCUT2D eigenvalue weighted by Crippen LogP contribution is -2.47. The molecule has 0 radical (unpaired) electrons. The van der Waals surface area contributed by atoms with Crippen molar-refractivity contribution >= 4 is 33.1 Å². The summed E-state index contributed by atoms with van der Waals surface area (Å²) in [4.78, 5) is 16.5. The molecule has 1 saturated heterocycles. The second-order valence-electron chi connectivity index (χ2n) is 7.28. The maximum atomic E-state index is 9.52. The van der Waals surface area contributed by atoms with Crippen LogP contribution in [0.1, 0.15) is 5.82 Å². The Morgan fingerprint density at radius 2 is 1.55 bits per heavy atom. The van der Waals surface area contributed by atoms with Crippen LogP contribution in [0.15, 0.2) is 60.7 Å². The fourth-order valence-electron chi connectivity index (χ4n) is 3.84. The van der Waals surface area contributed by atoms with Crippen LogP contribution >= 0.6 is 11.3 Å². The van der Waals surface area contributed by atoms with Gasteiger partial charge in [-0.1, -0.05) is 30.3 Å². The van der Waals surface area contributed by atoms with Crippen LogP contribution in [-0.4, -0.2) is 41.3 Å². The van der Waals surface area contributed by atoms with Crippen LogP contribution in [0.4, 0.5) is 11.5 Å². The summed E-state index contributed by atoms with van der Waals surface area (Å²) < 4.78 is 0. The van der Waals surface area contributed by atoms with E-state index in [1.807, 2.05) is 25.1 Å². The molecule has 0 bridgehead atoms. The molecule has 0 saturated carbocycles. The molecule has 0 amide bonds. The highest BCUT2D eigenvalue weighted by Gasteiger charge is 2.22. The number of hydrogen-bond donors (Lipinski definition) is 1. The molecule has 29 heavy (non-hydrogen) atoms. The van der Waals surface area contributed by atoms with Gasteiger partial charge in [0.2, 0.25) is 0 Å². The average molecular weight is 403 g/mol. The van der Waals surface area contributed by atoms with Gasteiger partial charge in [-0.05, 0) is 42.8 Å². The number of rotatable bonds is 3. The lowest BCUT2D eigenvalue weighted by Gasteiger charge is -2.37. The van der Waals surface area contributed by atoms with Gasteiger partial charge in [0.05, 0.1) is 5.39 Å². The quantitative estimate of drug-likeness (QED) is 0.538. The van der Waals surface area contributed by atoms with E-state index in [1.165, 1.54) is 10.4 Å². The van der Waals surface area contributed by atoms with Gasteiger partial charge in [-0.3, -0.25) is 0 Å². The van der Waals surface area contributed by atoms with Crippen LogP contribution in [0.5, 0.6) is 5.75 Å². The minimum Gasteiger partial charge on any atom is -0.508 e. The van der Waals surface area contributed by atoms with Crippen LogP contribution in [0.2, 0.25) is 0 Å². The van der Waals surface area contributed by atoms with Gasteiger partial charge in [-0.25, -0.2) is 9.97 Å². The number of aromatic hydroxyl groups is 1. The average Bonchev–Trinajstić information content (AvgIpc) is 3.18. The van der Waals surface area contributed by atoms with Crippen molar-refractivity contribution in [1.82, 2.24) is 9.97 Å². The Morgan fingerprint density at radius 3 is 2.28 bits per heavy atom. The third-order valence-electron chi connectivity index (χ3n) is 5.34. The van der Waals surface area contributed by atoms with Crippen molar-refractivity contribution in [2.45, 2.75) is 6.92 Å². The first-order valence-electron chi connectivity index (χ1n) is 9.80. The van der Waals surface area contributed by atoms with Gasteiger partial charge in [-0.2, -0.15) is 0 Å². The predicted molar refractivity (Wildman–Crippen MR) is 120 cm³/mol. The Kier molecular flexibility index (Phi) is 4.56. The van der Waals surface area contributed by atoms with Crippen LogP contribution in [-0.2, 0) is 0 Å². The molecule has 0 atom stereocenters. The molecule has 0 spiro atoms. The van der Waals surface area contributed by atoms with Gasteiger partial charge in [0.25, 0.3) is 0 Å². The summed E-state index contributed by atoms with van der Waals surface area (Å²) in [6.45, 7) is 5.62. The Bertz CT molecular complexity index is 1130. The summed E-state index contributed by atoms with van der Waals surface area (Å²) in [5.74, 6) is 2.16. The van der Waals surface area contributed by atoms with Crippen molar-refractivity contribution in [2.24, 2.45) is 0 Å². The number of anilines is 2. The summed E-state index contributed by atoms with van der Waals surface area (Å²) in [7, 11) is 0. The molecule has 5 nitrogen and oxygen atoms in total. The van der Waals surface area contributed by atoms with E-state index in [9.17, 15) is 5.11 Å². The zero-order valence-corrected chi connectivity index (χ0v) is 17.1. The number of piperazine rings is 1. The van der Waals surface area contributed by atoms with E-state index >= 15 is 0 Å². The number of phenolic OH excluding ortho intramolecular Hbond substituents is 1. The molecule has 0 unspecified atom stereocenters. The smallest absolute Gasteiger partial charge is 0.141 e. The summed E-state index contributed by atoms with van der Waals surface area (Å²) in [5.41, 5.74) is 2.37. The first-order valence-corrected chi connectivity index (χ1v) is 10.6. The fraction of sp³-hybridized carbons (Fsp3) is 0.217. The minimum atomic E-state index is 0.304. The normalized spacial score (nSPS) is 14.5. The lowest BCUT2D eigenvalue weighted by molar-refractivity contribution is 0.475. The van der Waals surface area contributed by atoms with Crippen LogP contribution in [0.3, 0.4) is 0 Å². The maximum absolute atomic E-state index is 9.52. The first kappa shape index (κ1) is 17.9. The molecule has 5 rings (SSSR count). The zero-order valence-electron chi connectivity index (χ0n) is 16.2. The molecular weight excluding hydrogens is 380 g/mol. The van der Waals surface area contributed by atoms with Crippen molar-refractivity contribution in [3.8, 4) is 16.2 Å². The number of fused-ring (bicyclic) bond motifs is 1. The Balaban J connectivity index is 1.43. The molecule has 2 aromatic carbocycles. The highest BCUT2D eigenvalue weighted by molar-refractivity contribution is 7.21. The van der Waals surface area contributed by atoms with E-state index in [4.69, 9.17) is 9.97 Å². The standard InChI is InChI=1S/C23H22N4OS/c1-16-24-22(20-15-21(29-23(20)25-16)17-5-3-2-4-6-17)27-13-11-26(12-14-27)18-7-9-19(28)10-8-18/h2-10,15,28H,11-14H2,1H3. The number of aryl methyl sites for hydroxylation is 1. The topological polar surface area (TPSA) is 52.5 Å². The fourth-order valence-corrected chi connectivity index (χ4v) is 4.91. The Morgan fingerprint density at radius 1 is 0.862 bits per heavy atom. The van der Waals surface area contributed by atoms with Crippen molar-refractivity contribution in [2.75, 3.05) is 36.0 Å². The van der Waals surface area contributed by atoms with E-state index < -0.39 is 0 Å². The van der Waals surface area contributed by atoms with Gasteiger partial charge in [0.1, 0.15) is 22.2 Å². The number of phenols is 1. The second-order valence-corrected chi connectivity index (χ2v) is 8.31. The van der Waals surface area contributed by atoms with Gasteiger partial charge in [0.15, 0.2) is 0 Å². The van der Waals surface area contributed by atoms with Crippen LogP contribution < -0.4 is 9.80 Å². The van der Waals surface area contributed by atoms with E-state index in [2.05, 4.69) is 40.1 Å². The monoisotopic (exact) mass is 402 g/mol. The molecule has 3 heterocycles. The molecule has 146 valence electrons. The van der Waals surface area contributed by atoms with Gasteiger partial charge >= 0.3 is 0 Å². The predicted octanol–water partition coefficient (Wildman–Crippen LogP) is 4.70. The number of nitrogens with zero attached hydrogens (tertiary/aromatic N) is 4. The van der Waals surface area contributed by atoms with E-state index in [0.717, 1.165) is 53.7 Å². The lowest BCUT2D eigenvalue weighted by atomic mass is 10.1. The summed E-state index contributed by atoms with van der Waals surface area (Å²) in [5, 5.41) is 10.7. The van der Waals surface area contributed by atoms with Crippen molar-refractivity contribution in [3.05, 3.63) is 66.5 Å². The molecule has 2 aromatic heterocycles. The highest BCUT2D eigenvalue weighted by atomic mass is 32.1. The van der Waals surface area contributed by atoms with Gasteiger partial charge in [0, 0.05) is 36.7 Å². The number of aromatic nitrogens is 2. The molecule has 1 fully saturated rings. The van der Waals surface area contributed by atoms with E-state index in [-0.39, 0.29) is 0 Å². The minimum absolute atomic E-state index is 0.304. The Labute approximate surface area is 173 Å². The van der Waals surface area contributed by atoms with Gasteiger partial charge < -0.3 is 14.9 Å². The molecule has 6 heteroatoms. The van der Waals surface area contributed by atoms with Crippen molar-refractivity contribution in [1.29, 1.82) is 0 Å². The highest BCUT2D eigenvalue weighted by Crippen LogP contribution is 2.37. The van der Waals surface area contributed by atoms with Gasteiger partial charge in [-0.15, -0.1) is 11.3 Å². The van der Waals surface area contributed by atoms with Crippen LogP contribution in [0.25, 0.3) is 20.7 Å². The molecule has 1 aliphatic rings.